The number of Topliss-reactive ketones (excluding diaryl/α,β-unsaturated/α-hetero) is 1. The van der Waals surface area contributed by atoms with Crippen LogP contribution in [-0.4, -0.2) is 33.7 Å². The van der Waals surface area contributed by atoms with Crippen molar-refractivity contribution in [1.29, 1.82) is 0 Å². The lowest BCUT2D eigenvalue weighted by Gasteiger charge is -2.08. The fraction of sp³-hybridized carbons (Fsp3) is 0.273. The Morgan fingerprint density at radius 2 is 1.86 bits per heavy atom. The molecule has 7 heteroatoms. The van der Waals surface area contributed by atoms with Crippen molar-refractivity contribution < 1.29 is 19.1 Å². The molecule has 1 N–H and O–H groups in total. The Balaban J connectivity index is 1.56. The number of aromatic nitrogens is 2. The quantitative estimate of drug-likeness (QED) is 0.489. The molecule has 3 aromatic rings. The second-order valence-corrected chi connectivity index (χ2v) is 7.32. The molecule has 0 saturated heterocycles. The number of imidazole rings is 1. The number of hydrogen-bond acceptors (Lipinski definition) is 5. The first-order chi connectivity index (χ1) is 13.8. The van der Waals surface area contributed by atoms with Gasteiger partial charge in [-0.25, -0.2) is 9.78 Å². The summed E-state index contributed by atoms with van der Waals surface area (Å²) in [7, 11) is 0. The minimum absolute atomic E-state index is 0.0735. The molecule has 0 unspecified atom stereocenters. The van der Waals surface area contributed by atoms with E-state index in [4.69, 9.17) is 4.74 Å². The summed E-state index contributed by atoms with van der Waals surface area (Å²) >= 11 is 0. The van der Waals surface area contributed by atoms with Gasteiger partial charge in [0.2, 0.25) is 5.91 Å². The van der Waals surface area contributed by atoms with Gasteiger partial charge in [0.25, 0.3) is 0 Å². The van der Waals surface area contributed by atoms with Crippen molar-refractivity contribution >= 4 is 29.0 Å². The van der Waals surface area contributed by atoms with Crippen molar-refractivity contribution in [2.75, 3.05) is 11.9 Å². The first-order valence-electron chi connectivity index (χ1n) is 9.37. The van der Waals surface area contributed by atoms with E-state index in [2.05, 4.69) is 10.3 Å². The van der Waals surface area contributed by atoms with Crippen LogP contribution in [0.15, 0.2) is 48.8 Å². The predicted octanol–water partition coefficient (Wildman–Crippen LogP) is 3.67. The standard InChI is InChI=1S/C22H23N3O4/c1-14(2)10-21(27)23-17-6-4-16(5-7-17)19(26)13-29-22(28)18-12-25-9-8-15(3)11-20(25)24-18/h4-9,11-12,14H,10,13H2,1-3H3,(H,23,27). The summed E-state index contributed by atoms with van der Waals surface area (Å²) in [6, 6.07) is 10.2. The number of hydrogen-bond donors (Lipinski definition) is 1. The van der Waals surface area contributed by atoms with Crippen LogP contribution < -0.4 is 5.32 Å². The lowest BCUT2D eigenvalue weighted by atomic mass is 10.1. The molecular formula is C22H23N3O4. The Hall–Kier alpha value is -3.48. The highest BCUT2D eigenvalue weighted by Gasteiger charge is 2.15. The monoisotopic (exact) mass is 393 g/mol. The van der Waals surface area contributed by atoms with Crippen LogP contribution in [-0.2, 0) is 9.53 Å². The minimum atomic E-state index is -0.655. The third-order valence-corrected chi connectivity index (χ3v) is 4.24. The van der Waals surface area contributed by atoms with E-state index in [1.54, 1.807) is 41.1 Å². The van der Waals surface area contributed by atoms with E-state index >= 15 is 0 Å². The predicted molar refractivity (Wildman–Crippen MR) is 109 cm³/mol. The molecule has 0 bridgehead atoms. The highest BCUT2D eigenvalue weighted by molar-refractivity contribution is 5.99. The van der Waals surface area contributed by atoms with Gasteiger partial charge >= 0.3 is 5.97 Å². The van der Waals surface area contributed by atoms with Gasteiger partial charge in [0.15, 0.2) is 18.1 Å². The van der Waals surface area contributed by atoms with Crippen LogP contribution in [0.4, 0.5) is 5.69 Å². The summed E-state index contributed by atoms with van der Waals surface area (Å²) in [5.74, 6) is -0.798. The zero-order chi connectivity index (χ0) is 21.0. The van der Waals surface area contributed by atoms with Crippen LogP contribution in [0.2, 0.25) is 0 Å². The lowest BCUT2D eigenvalue weighted by molar-refractivity contribution is -0.116. The van der Waals surface area contributed by atoms with Gasteiger partial charge in [-0.3, -0.25) is 9.59 Å². The van der Waals surface area contributed by atoms with Gasteiger partial charge in [0.05, 0.1) is 0 Å². The number of ketones is 1. The van der Waals surface area contributed by atoms with Gasteiger partial charge in [-0.15, -0.1) is 0 Å². The number of aryl methyl sites for hydroxylation is 1. The summed E-state index contributed by atoms with van der Waals surface area (Å²) in [5, 5.41) is 2.78. The number of nitrogens with zero attached hydrogens (tertiary/aromatic N) is 2. The summed E-state index contributed by atoms with van der Waals surface area (Å²) in [6.07, 6.45) is 3.80. The number of anilines is 1. The van der Waals surface area contributed by atoms with Gasteiger partial charge in [0, 0.05) is 30.1 Å². The topological polar surface area (TPSA) is 89.8 Å². The van der Waals surface area contributed by atoms with Crippen molar-refractivity contribution in [2.24, 2.45) is 5.92 Å². The van der Waals surface area contributed by atoms with E-state index in [1.165, 1.54) is 0 Å². The number of pyridine rings is 1. The third kappa shape index (κ3) is 5.28. The van der Waals surface area contributed by atoms with Crippen molar-refractivity contribution in [1.82, 2.24) is 9.38 Å². The maximum Gasteiger partial charge on any atom is 0.359 e. The Kier molecular flexibility index (Phi) is 6.07. The number of nitrogens with one attached hydrogen (secondary N) is 1. The van der Waals surface area contributed by atoms with E-state index in [0.29, 0.717) is 23.3 Å². The van der Waals surface area contributed by atoms with Crippen LogP contribution in [0.3, 0.4) is 0 Å². The van der Waals surface area contributed by atoms with Crippen LogP contribution in [0.25, 0.3) is 5.65 Å². The fourth-order valence-corrected chi connectivity index (χ4v) is 2.79. The molecule has 0 aliphatic carbocycles. The van der Waals surface area contributed by atoms with E-state index in [0.717, 1.165) is 5.56 Å². The second-order valence-electron chi connectivity index (χ2n) is 7.32. The second kappa shape index (κ2) is 8.68. The molecule has 0 fully saturated rings. The molecule has 1 aromatic carbocycles. The van der Waals surface area contributed by atoms with Crippen LogP contribution in [0, 0.1) is 12.8 Å². The molecule has 0 spiro atoms. The fourth-order valence-electron chi connectivity index (χ4n) is 2.79. The van der Waals surface area contributed by atoms with Gasteiger partial charge in [-0.05, 0) is 54.8 Å². The van der Waals surface area contributed by atoms with E-state index in [9.17, 15) is 14.4 Å². The highest BCUT2D eigenvalue weighted by Crippen LogP contribution is 2.13. The normalized spacial score (nSPS) is 10.9. The molecule has 2 aromatic heterocycles. The van der Waals surface area contributed by atoms with E-state index in [1.807, 2.05) is 32.9 Å². The molecule has 1 amide bonds. The Bertz CT molecular complexity index is 1050. The van der Waals surface area contributed by atoms with Gasteiger partial charge < -0.3 is 14.5 Å². The number of fused-ring (bicyclic) bond motifs is 1. The molecule has 0 saturated carbocycles. The Morgan fingerprint density at radius 3 is 2.55 bits per heavy atom. The molecule has 0 atom stereocenters. The van der Waals surface area contributed by atoms with Crippen molar-refractivity contribution in [3.63, 3.8) is 0 Å². The molecule has 0 aliphatic heterocycles. The third-order valence-electron chi connectivity index (χ3n) is 4.24. The van der Waals surface area contributed by atoms with Gasteiger partial charge in [0.1, 0.15) is 5.65 Å². The average molecular weight is 393 g/mol. The summed E-state index contributed by atoms with van der Waals surface area (Å²) < 4.78 is 6.83. The molecular weight excluding hydrogens is 370 g/mol. The van der Waals surface area contributed by atoms with Gasteiger partial charge in [-0.2, -0.15) is 0 Å². The molecule has 3 rings (SSSR count). The first kappa shape index (κ1) is 20.3. The van der Waals surface area contributed by atoms with Gasteiger partial charge in [-0.1, -0.05) is 13.8 Å². The summed E-state index contributed by atoms with van der Waals surface area (Å²) in [6.45, 7) is 5.49. The summed E-state index contributed by atoms with van der Waals surface area (Å²) in [5.41, 5.74) is 2.82. The van der Waals surface area contributed by atoms with Crippen LogP contribution in [0.1, 0.15) is 46.7 Å². The summed E-state index contributed by atoms with van der Waals surface area (Å²) in [4.78, 5) is 40.5. The van der Waals surface area contributed by atoms with E-state index < -0.39 is 5.97 Å². The number of esters is 1. The Morgan fingerprint density at radius 1 is 1.14 bits per heavy atom. The molecule has 7 nitrogen and oxygen atoms in total. The van der Waals surface area contributed by atoms with Crippen LogP contribution >= 0.6 is 0 Å². The number of amides is 1. The molecule has 0 radical (unpaired) electrons. The van der Waals surface area contributed by atoms with Crippen molar-refractivity contribution in [3.8, 4) is 0 Å². The van der Waals surface area contributed by atoms with Crippen molar-refractivity contribution in [3.05, 3.63) is 65.6 Å². The number of rotatable bonds is 7. The number of carbonyl (C=O) groups excluding carboxylic acids is 3. The minimum Gasteiger partial charge on any atom is -0.453 e. The largest absolute Gasteiger partial charge is 0.453 e. The Labute approximate surface area is 168 Å². The molecule has 2 heterocycles. The average Bonchev–Trinajstić information content (AvgIpc) is 3.09. The number of carbonyl (C=O) groups is 3. The number of benzene rings is 1. The molecule has 0 aliphatic rings. The van der Waals surface area contributed by atoms with E-state index in [-0.39, 0.29) is 29.9 Å². The number of ether oxygens (including phenoxy) is 1. The first-order valence-corrected chi connectivity index (χ1v) is 9.37. The molecule has 150 valence electrons. The zero-order valence-electron chi connectivity index (χ0n) is 16.6. The molecule has 29 heavy (non-hydrogen) atoms. The highest BCUT2D eigenvalue weighted by atomic mass is 16.5. The SMILES string of the molecule is Cc1ccn2cc(C(=O)OCC(=O)c3ccc(NC(=O)CC(C)C)cc3)nc2c1. The smallest absolute Gasteiger partial charge is 0.359 e. The zero-order valence-corrected chi connectivity index (χ0v) is 16.6. The maximum atomic E-state index is 12.3. The lowest BCUT2D eigenvalue weighted by Crippen LogP contribution is -2.15. The van der Waals surface area contributed by atoms with Crippen molar-refractivity contribution in [2.45, 2.75) is 27.2 Å². The van der Waals surface area contributed by atoms with Crippen LogP contribution in [0.5, 0.6) is 0 Å². The maximum absolute atomic E-state index is 12.3.